The first kappa shape index (κ1) is 11.1. The highest BCUT2D eigenvalue weighted by molar-refractivity contribution is 9.11. The van der Waals surface area contributed by atoms with Crippen molar-refractivity contribution < 1.29 is 4.79 Å². The van der Waals surface area contributed by atoms with E-state index in [4.69, 9.17) is 0 Å². The molecule has 0 radical (unpaired) electrons. The van der Waals surface area contributed by atoms with Crippen LogP contribution in [0, 0.1) is 5.92 Å². The van der Waals surface area contributed by atoms with Crippen LogP contribution in [0.25, 0.3) is 0 Å². The van der Waals surface area contributed by atoms with Crippen molar-refractivity contribution in [3.63, 3.8) is 0 Å². The smallest absolute Gasteiger partial charge is 0.220 e. The van der Waals surface area contributed by atoms with Gasteiger partial charge in [0.2, 0.25) is 5.91 Å². The molecule has 15 heavy (non-hydrogen) atoms. The van der Waals surface area contributed by atoms with Crippen molar-refractivity contribution in [3.8, 4) is 0 Å². The van der Waals surface area contributed by atoms with Gasteiger partial charge in [0, 0.05) is 11.3 Å². The summed E-state index contributed by atoms with van der Waals surface area (Å²) in [6.07, 6.45) is 4.48. The molecule has 0 saturated heterocycles. The van der Waals surface area contributed by atoms with Crippen LogP contribution < -0.4 is 5.32 Å². The van der Waals surface area contributed by atoms with Gasteiger partial charge in [-0.1, -0.05) is 6.42 Å². The molecule has 1 amide bonds. The highest BCUT2D eigenvalue weighted by atomic mass is 79.9. The number of hydrogen-bond acceptors (Lipinski definition) is 2. The van der Waals surface area contributed by atoms with E-state index in [0.29, 0.717) is 18.9 Å². The van der Waals surface area contributed by atoms with Crippen molar-refractivity contribution in [1.82, 2.24) is 5.32 Å². The largest absolute Gasteiger partial charge is 0.351 e. The summed E-state index contributed by atoms with van der Waals surface area (Å²) in [4.78, 5) is 12.7. The zero-order valence-electron chi connectivity index (χ0n) is 8.46. The number of hydrogen-bond donors (Lipinski definition) is 1. The Hall–Kier alpha value is -0.350. The summed E-state index contributed by atoms with van der Waals surface area (Å²) in [5, 5.41) is 2.96. The van der Waals surface area contributed by atoms with Gasteiger partial charge in [0.25, 0.3) is 0 Å². The molecule has 1 aromatic heterocycles. The van der Waals surface area contributed by atoms with Gasteiger partial charge in [-0.15, -0.1) is 11.3 Å². The van der Waals surface area contributed by atoms with Gasteiger partial charge >= 0.3 is 0 Å². The zero-order chi connectivity index (χ0) is 10.7. The van der Waals surface area contributed by atoms with Crippen molar-refractivity contribution in [1.29, 1.82) is 0 Å². The molecule has 1 aliphatic rings. The number of rotatable bonds is 4. The van der Waals surface area contributed by atoms with Gasteiger partial charge in [0.1, 0.15) is 0 Å². The van der Waals surface area contributed by atoms with E-state index in [9.17, 15) is 4.79 Å². The molecule has 0 bridgehead atoms. The normalized spacial score (nSPS) is 16.1. The molecule has 0 aromatic carbocycles. The number of halogens is 1. The van der Waals surface area contributed by atoms with E-state index in [0.717, 1.165) is 3.79 Å². The fourth-order valence-electron chi connectivity index (χ4n) is 1.66. The van der Waals surface area contributed by atoms with Crippen molar-refractivity contribution in [2.75, 3.05) is 0 Å². The number of carbonyl (C=O) groups is 1. The average molecular weight is 288 g/mol. The van der Waals surface area contributed by atoms with Crippen LogP contribution in [0.4, 0.5) is 0 Å². The molecule has 82 valence electrons. The molecule has 0 unspecified atom stereocenters. The lowest BCUT2D eigenvalue weighted by atomic mass is 9.83. The first-order valence-electron chi connectivity index (χ1n) is 5.25. The first-order chi connectivity index (χ1) is 7.24. The Morgan fingerprint density at radius 1 is 1.53 bits per heavy atom. The molecular formula is C11H14BrNOS. The minimum absolute atomic E-state index is 0.198. The summed E-state index contributed by atoms with van der Waals surface area (Å²) in [6, 6.07) is 4.05. The van der Waals surface area contributed by atoms with Crippen LogP contribution in [-0.4, -0.2) is 5.91 Å². The molecule has 0 spiro atoms. The topological polar surface area (TPSA) is 29.1 Å². The van der Waals surface area contributed by atoms with Crippen LogP contribution in [0.2, 0.25) is 0 Å². The maximum absolute atomic E-state index is 11.5. The lowest BCUT2D eigenvalue weighted by molar-refractivity contribution is -0.122. The van der Waals surface area contributed by atoms with Crippen molar-refractivity contribution >= 4 is 33.2 Å². The van der Waals surface area contributed by atoms with Crippen molar-refractivity contribution in [2.45, 2.75) is 32.2 Å². The van der Waals surface area contributed by atoms with Gasteiger partial charge in [-0.2, -0.15) is 0 Å². The maximum Gasteiger partial charge on any atom is 0.220 e. The Morgan fingerprint density at radius 2 is 2.33 bits per heavy atom. The molecule has 1 saturated carbocycles. The summed E-state index contributed by atoms with van der Waals surface area (Å²) < 4.78 is 1.12. The minimum atomic E-state index is 0.198. The van der Waals surface area contributed by atoms with Crippen LogP contribution in [0.3, 0.4) is 0 Å². The molecule has 1 aliphatic carbocycles. The Labute approximate surface area is 102 Å². The summed E-state index contributed by atoms with van der Waals surface area (Å²) in [5.41, 5.74) is 0. The Balaban J connectivity index is 1.70. The van der Waals surface area contributed by atoms with Gasteiger partial charge in [-0.05, 0) is 46.8 Å². The first-order valence-corrected chi connectivity index (χ1v) is 6.86. The average Bonchev–Trinajstić information content (AvgIpc) is 2.55. The van der Waals surface area contributed by atoms with Gasteiger partial charge in [0.15, 0.2) is 0 Å². The highest BCUT2D eigenvalue weighted by Crippen LogP contribution is 2.29. The number of nitrogens with one attached hydrogen (secondary N) is 1. The fourth-order valence-corrected chi connectivity index (χ4v) is 3.09. The monoisotopic (exact) mass is 287 g/mol. The molecule has 2 nitrogen and oxygen atoms in total. The lowest BCUT2D eigenvalue weighted by Gasteiger charge is -2.24. The highest BCUT2D eigenvalue weighted by Gasteiger charge is 2.20. The molecule has 0 atom stereocenters. The third-order valence-corrected chi connectivity index (χ3v) is 4.41. The van der Waals surface area contributed by atoms with E-state index >= 15 is 0 Å². The second-order valence-corrected chi connectivity index (χ2v) is 6.53. The molecule has 1 aromatic rings. The van der Waals surface area contributed by atoms with Gasteiger partial charge < -0.3 is 5.32 Å². The van der Waals surface area contributed by atoms with E-state index in [1.165, 1.54) is 24.1 Å². The van der Waals surface area contributed by atoms with Crippen molar-refractivity contribution in [3.05, 3.63) is 20.8 Å². The summed E-state index contributed by atoms with van der Waals surface area (Å²) in [7, 11) is 0. The second-order valence-electron chi connectivity index (χ2n) is 3.98. The fraction of sp³-hybridized carbons (Fsp3) is 0.545. The molecule has 1 heterocycles. The molecule has 1 fully saturated rings. The Morgan fingerprint density at radius 3 is 2.87 bits per heavy atom. The lowest BCUT2D eigenvalue weighted by Crippen LogP contribution is -2.26. The summed E-state index contributed by atoms with van der Waals surface area (Å²) in [5.74, 6) is 0.851. The van der Waals surface area contributed by atoms with E-state index in [1.807, 2.05) is 12.1 Å². The molecule has 2 rings (SSSR count). The van der Waals surface area contributed by atoms with Crippen molar-refractivity contribution in [2.24, 2.45) is 5.92 Å². The number of amides is 1. The maximum atomic E-state index is 11.5. The van der Waals surface area contributed by atoms with Crippen LogP contribution in [0.5, 0.6) is 0 Å². The van der Waals surface area contributed by atoms with Crippen LogP contribution in [0.1, 0.15) is 30.6 Å². The minimum Gasteiger partial charge on any atom is -0.351 e. The second kappa shape index (κ2) is 5.12. The molecule has 4 heteroatoms. The third-order valence-electron chi connectivity index (χ3n) is 2.79. The number of thiophene rings is 1. The Kier molecular flexibility index (Phi) is 3.81. The standard InChI is InChI=1S/C11H14BrNOS/c12-10-5-4-9(15-10)7-13-11(14)6-8-2-1-3-8/h4-5,8H,1-3,6-7H2,(H,13,14). The van der Waals surface area contributed by atoms with Gasteiger partial charge in [0.05, 0.1) is 10.3 Å². The zero-order valence-corrected chi connectivity index (χ0v) is 10.9. The summed E-state index contributed by atoms with van der Waals surface area (Å²) in [6.45, 7) is 0.668. The van der Waals surface area contributed by atoms with E-state index < -0.39 is 0 Å². The summed E-state index contributed by atoms with van der Waals surface area (Å²) >= 11 is 5.08. The molecule has 1 N–H and O–H groups in total. The number of carbonyl (C=O) groups excluding carboxylic acids is 1. The predicted molar refractivity (Wildman–Crippen MR) is 65.8 cm³/mol. The predicted octanol–water partition coefficient (Wildman–Crippen LogP) is 3.32. The van der Waals surface area contributed by atoms with Crippen LogP contribution in [0.15, 0.2) is 15.9 Å². The SMILES string of the molecule is O=C(CC1CCC1)NCc1ccc(Br)s1. The van der Waals surface area contributed by atoms with E-state index in [2.05, 4.69) is 21.2 Å². The van der Waals surface area contributed by atoms with Crippen LogP contribution >= 0.6 is 27.3 Å². The molecule has 0 aliphatic heterocycles. The molecular weight excluding hydrogens is 274 g/mol. The van der Waals surface area contributed by atoms with E-state index in [-0.39, 0.29) is 5.91 Å². The Bertz CT molecular complexity index is 346. The van der Waals surface area contributed by atoms with Gasteiger partial charge in [-0.3, -0.25) is 4.79 Å². The van der Waals surface area contributed by atoms with Gasteiger partial charge in [-0.25, -0.2) is 0 Å². The quantitative estimate of drug-likeness (QED) is 0.904. The van der Waals surface area contributed by atoms with E-state index in [1.54, 1.807) is 11.3 Å². The van der Waals surface area contributed by atoms with Crippen LogP contribution in [-0.2, 0) is 11.3 Å². The third kappa shape index (κ3) is 3.31.